The van der Waals surface area contributed by atoms with Gasteiger partial charge in [0.15, 0.2) is 6.61 Å². The number of benzene rings is 2. The van der Waals surface area contributed by atoms with Crippen LogP contribution >= 0.6 is 11.6 Å². The molecule has 2 aromatic rings. The molecule has 0 N–H and O–H groups in total. The molecule has 2 aromatic carbocycles. The highest BCUT2D eigenvalue weighted by atomic mass is 35.5. The molecular weight excluding hydrogens is 267 g/mol. The van der Waals surface area contributed by atoms with Crippen LogP contribution in [-0.2, 0) is 0 Å². The van der Waals surface area contributed by atoms with Gasteiger partial charge in [-0.05, 0) is 36.8 Å². The molecule has 0 aliphatic rings. The Morgan fingerprint density at radius 3 is 2.68 bits per heavy atom. The Labute approximate surface area is 115 Å². The molecule has 0 unspecified atom stereocenters. The molecule has 0 bridgehead atoms. The lowest BCUT2D eigenvalue weighted by Crippen LogP contribution is -2.13. The number of carbonyl (C=O) groups excluding carboxylic acids is 1. The standard InChI is InChI=1S/C15H12ClFO2/c1-10-6-7-15(12(16)8-10)19-9-14(18)11-4-2-3-5-13(11)17/h2-8H,9H2,1H3. The lowest BCUT2D eigenvalue weighted by Gasteiger charge is -2.08. The molecule has 0 spiro atoms. The first kappa shape index (κ1) is 13.6. The summed E-state index contributed by atoms with van der Waals surface area (Å²) >= 11 is 5.98. The van der Waals surface area contributed by atoms with Crippen LogP contribution < -0.4 is 4.74 Å². The molecule has 2 nitrogen and oxygen atoms in total. The third-order valence-corrected chi connectivity index (χ3v) is 2.92. The first-order valence-electron chi connectivity index (χ1n) is 5.74. The molecule has 2 rings (SSSR count). The van der Waals surface area contributed by atoms with Gasteiger partial charge in [0.05, 0.1) is 10.6 Å². The quantitative estimate of drug-likeness (QED) is 0.789. The van der Waals surface area contributed by atoms with Crippen molar-refractivity contribution in [2.24, 2.45) is 0 Å². The molecule has 98 valence electrons. The van der Waals surface area contributed by atoms with E-state index in [0.717, 1.165) is 5.56 Å². The van der Waals surface area contributed by atoms with E-state index in [1.807, 2.05) is 13.0 Å². The topological polar surface area (TPSA) is 26.3 Å². The molecule has 0 fully saturated rings. The molecule has 0 saturated carbocycles. The largest absolute Gasteiger partial charge is 0.484 e. The van der Waals surface area contributed by atoms with Gasteiger partial charge >= 0.3 is 0 Å². The Morgan fingerprint density at radius 1 is 1.26 bits per heavy atom. The van der Waals surface area contributed by atoms with E-state index in [0.29, 0.717) is 10.8 Å². The van der Waals surface area contributed by atoms with Crippen molar-refractivity contribution in [1.82, 2.24) is 0 Å². The number of aryl methyl sites for hydroxylation is 1. The molecule has 0 atom stereocenters. The van der Waals surface area contributed by atoms with Crippen LogP contribution in [0.2, 0.25) is 5.02 Å². The first-order valence-corrected chi connectivity index (χ1v) is 6.12. The smallest absolute Gasteiger partial charge is 0.203 e. The maximum absolute atomic E-state index is 13.4. The van der Waals surface area contributed by atoms with Crippen LogP contribution in [0, 0.1) is 12.7 Å². The van der Waals surface area contributed by atoms with Crippen molar-refractivity contribution < 1.29 is 13.9 Å². The number of ether oxygens (including phenoxy) is 1. The van der Waals surface area contributed by atoms with Crippen LogP contribution in [0.15, 0.2) is 42.5 Å². The Kier molecular flexibility index (Phi) is 4.17. The zero-order valence-corrected chi connectivity index (χ0v) is 11.1. The minimum atomic E-state index is -0.550. The van der Waals surface area contributed by atoms with Crippen LogP contribution in [0.4, 0.5) is 4.39 Å². The van der Waals surface area contributed by atoms with Gasteiger partial charge in [-0.1, -0.05) is 29.8 Å². The van der Waals surface area contributed by atoms with E-state index < -0.39 is 11.6 Å². The fraction of sp³-hybridized carbons (Fsp3) is 0.133. The molecule has 0 heterocycles. The second-order valence-electron chi connectivity index (χ2n) is 4.13. The van der Waals surface area contributed by atoms with E-state index in [2.05, 4.69) is 0 Å². The summed E-state index contributed by atoms with van der Waals surface area (Å²) in [5.41, 5.74) is 1.02. The summed E-state index contributed by atoms with van der Waals surface area (Å²) in [5.74, 6) is -0.558. The van der Waals surface area contributed by atoms with Gasteiger partial charge in [-0.3, -0.25) is 4.79 Å². The predicted octanol–water partition coefficient (Wildman–Crippen LogP) is 4.05. The van der Waals surface area contributed by atoms with Gasteiger partial charge in [-0.25, -0.2) is 4.39 Å². The highest BCUT2D eigenvalue weighted by Gasteiger charge is 2.12. The Morgan fingerprint density at radius 2 is 2.00 bits per heavy atom. The van der Waals surface area contributed by atoms with E-state index in [-0.39, 0.29) is 12.2 Å². The van der Waals surface area contributed by atoms with Crippen molar-refractivity contribution in [2.75, 3.05) is 6.61 Å². The summed E-state index contributed by atoms with van der Waals surface area (Å²) in [7, 11) is 0. The predicted molar refractivity (Wildman–Crippen MR) is 72.4 cm³/mol. The summed E-state index contributed by atoms with van der Waals surface area (Å²) in [4.78, 5) is 11.8. The van der Waals surface area contributed by atoms with Crippen LogP contribution in [0.3, 0.4) is 0 Å². The summed E-state index contributed by atoms with van der Waals surface area (Å²) in [6, 6.07) is 11.1. The van der Waals surface area contributed by atoms with Crippen molar-refractivity contribution in [3.63, 3.8) is 0 Å². The first-order chi connectivity index (χ1) is 9.08. The maximum atomic E-state index is 13.4. The van der Waals surface area contributed by atoms with Gasteiger partial charge in [-0.15, -0.1) is 0 Å². The lowest BCUT2D eigenvalue weighted by molar-refractivity contribution is 0.0917. The second kappa shape index (κ2) is 5.85. The van der Waals surface area contributed by atoms with E-state index in [1.165, 1.54) is 18.2 Å². The number of carbonyl (C=O) groups is 1. The fourth-order valence-electron chi connectivity index (χ4n) is 1.63. The highest BCUT2D eigenvalue weighted by molar-refractivity contribution is 6.32. The number of Topliss-reactive ketones (excluding diaryl/α,β-unsaturated/α-hetero) is 1. The van der Waals surface area contributed by atoms with Gasteiger partial charge < -0.3 is 4.74 Å². The zero-order valence-electron chi connectivity index (χ0n) is 10.3. The monoisotopic (exact) mass is 278 g/mol. The number of hydrogen-bond donors (Lipinski definition) is 0. The van der Waals surface area contributed by atoms with E-state index in [9.17, 15) is 9.18 Å². The zero-order chi connectivity index (χ0) is 13.8. The average Bonchev–Trinajstić information content (AvgIpc) is 2.38. The van der Waals surface area contributed by atoms with E-state index >= 15 is 0 Å². The molecule has 19 heavy (non-hydrogen) atoms. The minimum Gasteiger partial charge on any atom is -0.484 e. The SMILES string of the molecule is Cc1ccc(OCC(=O)c2ccccc2F)c(Cl)c1. The normalized spacial score (nSPS) is 10.3. The number of ketones is 1. The van der Waals surface area contributed by atoms with Gasteiger partial charge in [0.2, 0.25) is 5.78 Å². The maximum Gasteiger partial charge on any atom is 0.203 e. The van der Waals surface area contributed by atoms with Crippen LogP contribution in [0.25, 0.3) is 0 Å². The van der Waals surface area contributed by atoms with Gasteiger partial charge in [0.25, 0.3) is 0 Å². The Bertz CT molecular complexity index is 611. The van der Waals surface area contributed by atoms with Crippen molar-refractivity contribution in [1.29, 1.82) is 0 Å². The molecule has 0 radical (unpaired) electrons. The summed E-state index contributed by atoms with van der Waals surface area (Å²) in [6.45, 7) is 1.66. The van der Waals surface area contributed by atoms with Crippen molar-refractivity contribution in [3.05, 3.63) is 64.4 Å². The minimum absolute atomic E-state index is 0.0192. The molecule has 0 amide bonds. The van der Waals surface area contributed by atoms with Crippen molar-refractivity contribution in [3.8, 4) is 5.75 Å². The number of rotatable bonds is 4. The molecule has 0 aromatic heterocycles. The third-order valence-electron chi connectivity index (χ3n) is 2.62. The van der Waals surface area contributed by atoms with Gasteiger partial charge in [-0.2, -0.15) is 0 Å². The second-order valence-corrected chi connectivity index (χ2v) is 4.53. The van der Waals surface area contributed by atoms with Gasteiger partial charge in [0, 0.05) is 0 Å². The Balaban J connectivity index is 2.07. The Hall–Kier alpha value is -1.87. The van der Waals surface area contributed by atoms with Crippen LogP contribution in [-0.4, -0.2) is 12.4 Å². The van der Waals surface area contributed by atoms with E-state index in [4.69, 9.17) is 16.3 Å². The molecule has 0 saturated heterocycles. The number of hydrogen-bond acceptors (Lipinski definition) is 2. The molecule has 0 aliphatic heterocycles. The van der Waals surface area contributed by atoms with Crippen molar-refractivity contribution in [2.45, 2.75) is 6.92 Å². The number of halogens is 2. The molecular formula is C15H12ClFO2. The highest BCUT2D eigenvalue weighted by Crippen LogP contribution is 2.25. The fourth-order valence-corrected chi connectivity index (χ4v) is 1.92. The third kappa shape index (κ3) is 3.32. The summed E-state index contributed by atoms with van der Waals surface area (Å²) < 4.78 is 18.7. The van der Waals surface area contributed by atoms with Crippen molar-refractivity contribution >= 4 is 17.4 Å². The molecule has 0 aliphatic carbocycles. The lowest BCUT2D eigenvalue weighted by atomic mass is 10.1. The van der Waals surface area contributed by atoms with Crippen LogP contribution in [0.5, 0.6) is 5.75 Å². The molecule has 4 heteroatoms. The average molecular weight is 279 g/mol. The summed E-state index contributed by atoms with van der Waals surface area (Å²) in [6.07, 6.45) is 0. The van der Waals surface area contributed by atoms with Gasteiger partial charge in [0.1, 0.15) is 11.6 Å². The summed E-state index contributed by atoms with van der Waals surface area (Å²) in [5, 5.41) is 0.432. The van der Waals surface area contributed by atoms with Crippen LogP contribution in [0.1, 0.15) is 15.9 Å². The van der Waals surface area contributed by atoms with E-state index in [1.54, 1.807) is 18.2 Å².